The topological polar surface area (TPSA) is 53.6 Å². The maximum Gasteiger partial charge on any atom is 0.416 e. The third kappa shape index (κ3) is 8.16. The van der Waals surface area contributed by atoms with Crippen LogP contribution < -0.4 is 15.4 Å². The van der Waals surface area contributed by atoms with Gasteiger partial charge in [0.15, 0.2) is 0 Å². The second-order valence-corrected chi connectivity index (χ2v) is 10.1. The van der Waals surface area contributed by atoms with Gasteiger partial charge >= 0.3 is 18.4 Å². The van der Waals surface area contributed by atoms with Gasteiger partial charge in [-0.05, 0) is 68.1 Å². The molecule has 1 aliphatic rings. The van der Waals surface area contributed by atoms with E-state index in [9.17, 15) is 31.1 Å². The number of alkyl halides is 6. The molecule has 0 bridgehead atoms. The Hall–Kier alpha value is -3.73. The Bertz CT molecular complexity index is 1270. The summed E-state index contributed by atoms with van der Waals surface area (Å²) in [4.78, 5) is 14.9. The molecule has 0 radical (unpaired) electrons. The normalized spacial score (nSPS) is 15.8. The third-order valence-corrected chi connectivity index (χ3v) is 7.26. The molecular formula is C30H31F6N3O2. The number of rotatable bonds is 8. The van der Waals surface area contributed by atoms with Crippen molar-refractivity contribution in [2.24, 2.45) is 5.92 Å². The van der Waals surface area contributed by atoms with Gasteiger partial charge in [-0.1, -0.05) is 48.5 Å². The van der Waals surface area contributed by atoms with Crippen LogP contribution in [-0.4, -0.2) is 37.7 Å². The summed E-state index contributed by atoms with van der Waals surface area (Å²) in [6.07, 6.45) is -7.22. The molecule has 1 atom stereocenters. The molecule has 11 heteroatoms. The predicted octanol–water partition coefficient (Wildman–Crippen LogP) is 7.55. The highest BCUT2D eigenvalue weighted by Crippen LogP contribution is 2.38. The number of piperidine rings is 1. The number of anilines is 1. The minimum absolute atomic E-state index is 0.0161. The number of ether oxygens (including phenoxy) is 1. The van der Waals surface area contributed by atoms with Gasteiger partial charge in [0.05, 0.1) is 24.3 Å². The Morgan fingerprint density at radius 1 is 0.902 bits per heavy atom. The van der Waals surface area contributed by atoms with E-state index in [1.807, 2.05) is 36.4 Å². The second kappa shape index (κ2) is 12.8. The highest BCUT2D eigenvalue weighted by molar-refractivity contribution is 5.89. The smallest absolute Gasteiger partial charge is 0.416 e. The summed E-state index contributed by atoms with van der Waals surface area (Å²) < 4.78 is 84.9. The Morgan fingerprint density at radius 2 is 1.49 bits per heavy atom. The van der Waals surface area contributed by atoms with Crippen LogP contribution >= 0.6 is 0 Å². The van der Waals surface area contributed by atoms with Crippen LogP contribution in [0.4, 0.5) is 36.8 Å². The summed E-state index contributed by atoms with van der Waals surface area (Å²) in [5, 5.41) is 4.78. The molecular weight excluding hydrogens is 548 g/mol. The highest BCUT2D eigenvalue weighted by Gasteiger charge is 2.37. The quantitative estimate of drug-likeness (QED) is 0.271. The first kappa shape index (κ1) is 30.2. The number of carbonyl (C=O) groups is 1. The lowest BCUT2D eigenvalue weighted by Gasteiger charge is -2.38. The third-order valence-electron chi connectivity index (χ3n) is 7.26. The largest absolute Gasteiger partial charge is 0.496 e. The molecule has 5 nitrogen and oxygen atoms in total. The molecule has 2 amide bonds. The van der Waals surface area contributed by atoms with E-state index in [-0.39, 0.29) is 18.7 Å². The summed E-state index contributed by atoms with van der Waals surface area (Å²) >= 11 is 0. The average molecular weight is 580 g/mol. The summed E-state index contributed by atoms with van der Waals surface area (Å²) in [5.74, 6) is 1.10. The van der Waals surface area contributed by atoms with Crippen LogP contribution in [0.3, 0.4) is 0 Å². The lowest BCUT2D eigenvalue weighted by Crippen LogP contribution is -2.43. The fourth-order valence-corrected chi connectivity index (χ4v) is 5.19. The first-order chi connectivity index (χ1) is 19.4. The second-order valence-electron chi connectivity index (χ2n) is 10.1. The van der Waals surface area contributed by atoms with E-state index >= 15 is 0 Å². The number of hydrogen-bond acceptors (Lipinski definition) is 3. The fourth-order valence-electron chi connectivity index (χ4n) is 5.19. The van der Waals surface area contributed by atoms with Crippen molar-refractivity contribution in [3.8, 4) is 5.75 Å². The Labute approximate surface area is 234 Å². The minimum atomic E-state index is -5.02. The monoisotopic (exact) mass is 579 g/mol. The number of methoxy groups -OCH3 is 1. The van der Waals surface area contributed by atoms with Gasteiger partial charge in [-0.3, -0.25) is 4.90 Å². The molecule has 0 aromatic heterocycles. The number of urea groups is 1. The lowest BCUT2D eigenvalue weighted by atomic mass is 9.89. The Morgan fingerprint density at radius 3 is 2.07 bits per heavy atom. The van der Waals surface area contributed by atoms with Crippen LogP contribution in [0.1, 0.15) is 41.1 Å². The van der Waals surface area contributed by atoms with Crippen molar-refractivity contribution >= 4 is 11.7 Å². The maximum absolute atomic E-state index is 13.2. The van der Waals surface area contributed by atoms with Crippen molar-refractivity contribution in [1.29, 1.82) is 0 Å². The molecule has 220 valence electrons. The van der Waals surface area contributed by atoms with Crippen molar-refractivity contribution in [3.63, 3.8) is 0 Å². The molecule has 4 rings (SSSR count). The van der Waals surface area contributed by atoms with E-state index in [0.717, 1.165) is 37.9 Å². The highest BCUT2D eigenvalue weighted by atomic mass is 19.4. The summed E-state index contributed by atoms with van der Waals surface area (Å²) in [6.45, 7) is 1.54. The van der Waals surface area contributed by atoms with Crippen LogP contribution in [0, 0.1) is 5.92 Å². The van der Waals surface area contributed by atoms with Crippen molar-refractivity contribution in [2.75, 3.05) is 32.1 Å². The number of hydrogen-bond donors (Lipinski definition) is 2. The van der Waals surface area contributed by atoms with Gasteiger partial charge in [-0.25, -0.2) is 4.79 Å². The van der Waals surface area contributed by atoms with Crippen molar-refractivity contribution in [3.05, 3.63) is 95.1 Å². The zero-order chi connectivity index (χ0) is 29.6. The van der Waals surface area contributed by atoms with Gasteiger partial charge < -0.3 is 15.4 Å². The maximum atomic E-state index is 13.2. The van der Waals surface area contributed by atoms with Crippen LogP contribution in [0.25, 0.3) is 0 Å². The van der Waals surface area contributed by atoms with Crippen molar-refractivity contribution in [1.82, 2.24) is 10.2 Å². The minimum Gasteiger partial charge on any atom is -0.496 e. The van der Waals surface area contributed by atoms with E-state index < -0.39 is 35.2 Å². The first-order valence-corrected chi connectivity index (χ1v) is 13.2. The average Bonchev–Trinajstić information content (AvgIpc) is 2.93. The van der Waals surface area contributed by atoms with Gasteiger partial charge in [0.2, 0.25) is 0 Å². The van der Waals surface area contributed by atoms with Gasteiger partial charge in [0, 0.05) is 17.8 Å². The van der Waals surface area contributed by atoms with Gasteiger partial charge in [0.25, 0.3) is 0 Å². The molecule has 1 unspecified atom stereocenters. The number of para-hydroxylation sites is 1. The molecule has 2 N–H and O–H groups in total. The first-order valence-electron chi connectivity index (χ1n) is 13.2. The Balaban J connectivity index is 1.47. The Kier molecular flexibility index (Phi) is 9.47. The number of nitrogens with zero attached hydrogens (tertiary/aromatic N) is 1. The molecule has 3 aromatic rings. The van der Waals surface area contributed by atoms with E-state index in [1.165, 1.54) is 12.7 Å². The van der Waals surface area contributed by atoms with Crippen molar-refractivity contribution in [2.45, 2.75) is 37.7 Å². The summed E-state index contributed by atoms with van der Waals surface area (Å²) in [5.41, 5.74) is -1.54. The standard InChI is InChI=1S/C30H31F6N3O2/c1-41-27-10-6-5-9-25(27)26(39-13-11-21(12-14-39)15-20-7-3-2-4-8-20)19-37-28(40)38-24-17-22(29(31,32)33)16-23(18-24)30(34,35)36/h2-10,16-18,21,26H,11-15,19H2,1H3,(H2,37,38,40). The van der Waals surface area contributed by atoms with Gasteiger partial charge in [0.1, 0.15) is 5.75 Å². The molecule has 1 heterocycles. The number of benzene rings is 3. The molecule has 1 fully saturated rings. The number of nitrogens with one attached hydrogen (secondary N) is 2. The molecule has 1 aliphatic heterocycles. The summed E-state index contributed by atoms with van der Waals surface area (Å²) in [7, 11) is 1.54. The van der Waals surface area contributed by atoms with Crippen LogP contribution in [0.2, 0.25) is 0 Å². The molecule has 41 heavy (non-hydrogen) atoms. The molecule has 3 aromatic carbocycles. The zero-order valence-electron chi connectivity index (χ0n) is 22.4. The number of carbonyl (C=O) groups excluding carboxylic acids is 1. The number of amides is 2. The van der Waals surface area contributed by atoms with Crippen LogP contribution in [0.5, 0.6) is 5.75 Å². The lowest BCUT2D eigenvalue weighted by molar-refractivity contribution is -0.143. The predicted molar refractivity (Wildman–Crippen MR) is 144 cm³/mol. The number of halogens is 6. The van der Waals surface area contributed by atoms with Gasteiger partial charge in [-0.15, -0.1) is 0 Å². The summed E-state index contributed by atoms with van der Waals surface area (Å²) in [6, 6.07) is 17.3. The molecule has 0 saturated carbocycles. The fraction of sp³-hybridized carbons (Fsp3) is 0.367. The molecule has 0 spiro atoms. The zero-order valence-corrected chi connectivity index (χ0v) is 22.4. The van der Waals surface area contributed by atoms with Gasteiger partial charge in [-0.2, -0.15) is 26.3 Å². The molecule has 0 aliphatic carbocycles. The van der Waals surface area contributed by atoms with Crippen molar-refractivity contribution < 1.29 is 35.9 Å². The van der Waals surface area contributed by atoms with E-state index in [4.69, 9.17) is 4.74 Å². The van der Waals surface area contributed by atoms with E-state index in [1.54, 1.807) is 6.07 Å². The van der Waals surface area contributed by atoms with E-state index in [0.29, 0.717) is 23.8 Å². The van der Waals surface area contributed by atoms with Crippen LogP contribution in [0.15, 0.2) is 72.8 Å². The number of likely N-dealkylation sites (tertiary alicyclic amines) is 1. The molecule has 1 saturated heterocycles. The van der Waals surface area contributed by atoms with Crippen LogP contribution in [-0.2, 0) is 18.8 Å². The van der Waals surface area contributed by atoms with E-state index in [2.05, 4.69) is 27.7 Å². The SMILES string of the molecule is COc1ccccc1C(CNC(=O)Nc1cc(C(F)(F)F)cc(C(F)(F)F)c1)N1CCC(Cc2ccccc2)CC1.